The van der Waals surface area contributed by atoms with Gasteiger partial charge in [-0.3, -0.25) is 10.1 Å². The van der Waals surface area contributed by atoms with E-state index in [0.29, 0.717) is 11.4 Å². The van der Waals surface area contributed by atoms with Crippen molar-refractivity contribution >= 4 is 29.3 Å². The van der Waals surface area contributed by atoms with Crippen molar-refractivity contribution in [2.24, 2.45) is 0 Å². The Kier molecular flexibility index (Phi) is 7.36. The molecule has 2 amide bonds. The van der Waals surface area contributed by atoms with Gasteiger partial charge in [-0.2, -0.15) is 0 Å². The molecule has 2 N–H and O–H groups in total. The van der Waals surface area contributed by atoms with Crippen LogP contribution >= 0.6 is 0 Å². The molecule has 0 heterocycles. The number of carbonyl (C=O) groups excluding carboxylic acids is 3. The van der Waals surface area contributed by atoms with E-state index in [9.17, 15) is 14.4 Å². The van der Waals surface area contributed by atoms with Crippen LogP contribution in [-0.2, 0) is 20.7 Å². The molecule has 0 spiro atoms. The molecule has 2 aromatic rings. The van der Waals surface area contributed by atoms with Crippen molar-refractivity contribution in [1.29, 1.82) is 0 Å². The number of carbonyl (C=O) groups is 3. The SMILES string of the molecule is CCc1ccccc1NC(=O)COC(=O)c1cccc(NC(=O)OC(C)(C)C)c1. The fourth-order valence-corrected chi connectivity index (χ4v) is 2.50. The molecule has 0 saturated carbocycles. The van der Waals surface area contributed by atoms with Gasteiger partial charge in [-0.1, -0.05) is 31.2 Å². The lowest BCUT2D eigenvalue weighted by atomic mass is 10.1. The highest BCUT2D eigenvalue weighted by atomic mass is 16.6. The number of nitrogens with one attached hydrogen (secondary N) is 2. The molecule has 0 aromatic heterocycles. The second-order valence-corrected chi connectivity index (χ2v) is 7.34. The van der Waals surface area contributed by atoms with Crippen LogP contribution in [0.2, 0.25) is 0 Å². The average Bonchev–Trinajstić information content (AvgIpc) is 2.65. The second-order valence-electron chi connectivity index (χ2n) is 7.34. The van der Waals surface area contributed by atoms with Gasteiger partial charge in [0.15, 0.2) is 6.61 Å². The molecule has 0 unspecified atom stereocenters. The van der Waals surface area contributed by atoms with Gasteiger partial charge in [0, 0.05) is 11.4 Å². The highest BCUT2D eigenvalue weighted by Gasteiger charge is 2.17. The molecule has 2 aromatic carbocycles. The summed E-state index contributed by atoms with van der Waals surface area (Å²) in [6.45, 7) is 6.84. The van der Waals surface area contributed by atoms with Crippen LogP contribution in [0.5, 0.6) is 0 Å². The second kappa shape index (κ2) is 9.73. The lowest BCUT2D eigenvalue weighted by Crippen LogP contribution is -2.27. The first-order chi connectivity index (χ1) is 13.7. The third kappa shape index (κ3) is 7.29. The van der Waals surface area contributed by atoms with Crippen molar-refractivity contribution in [3.8, 4) is 0 Å². The van der Waals surface area contributed by atoms with E-state index < -0.39 is 30.2 Å². The molecule has 7 nitrogen and oxygen atoms in total. The fraction of sp³-hybridized carbons (Fsp3) is 0.318. The fourth-order valence-electron chi connectivity index (χ4n) is 2.50. The van der Waals surface area contributed by atoms with Crippen molar-refractivity contribution in [2.45, 2.75) is 39.7 Å². The predicted octanol–water partition coefficient (Wildman–Crippen LogP) is 4.39. The summed E-state index contributed by atoms with van der Waals surface area (Å²) in [6, 6.07) is 13.6. The zero-order chi connectivity index (χ0) is 21.4. The number of hydrogen-bond acceptors (Lipinski definition) is 5. The molecule has 7 heteroatoms. The summed E-state index contributed by atoms with van der Waals surface area (Å²) in [7, 11) is 0. The summed E-state index contributed by atoms with van der Waals surface area (Å²) in [5.41, 5.74) is 1.65. The quantitative estimate of drug-likeness (QED) is 0.704. The monoisotopic (exact) mass is 398 g/mol. The van der Waals surface area contributed by atoms with E-state index in [4.69, 9.17) is 9.47 Å². The zero-order valence-corrected chi connectivity index (χ0v) is 17.1. The van der Waals surface area contributed by atoms with Gasteiger partial charge in [0.05, 0.1) is 5.56 Å². The first-order valence-electron chi connectivity index (χ1n) is 9.33. The van der Waals surface area contributed by atoms with Gasteiger partial charge in [0.1, 0.15) is 5.60 Å². The summed E-state index contributed by atoms with van der Waals surface area (Å²) in [4.78, 5) is 36.2. The first-order valence-corrected chi connectivity index (χ1v) is 9.33. The number of esters is 1. The smallest absolute Gasteiger partial charge is 0.412 e. The van der Waals surface area contributed by atoms with Gasteiger partial charge < -0.3 is 14.8 Å². The Morgan fingerprint density at radius 3 is 2.38 bits per heavy atom. The molecular weight excluding hydrogens is 372 g/mol. The van der Waals surface area contributed by atoms with Crippen molar-refractivity contribution < 1.29 is 23.9 Å². The topological polar surface area (TPSA) is 93.7 Å². The van der Waals surface area contributed by atoms with Crippen LogP contribution in [0.4, 0.5) is 16.2 Å². The highest BCUT2D eigenvalue weighted by molar-refractivity contribution is 5.96. The number of ether oxygens (including phenoxy) is 2. The minimum atomic E-state index is -0.670. The minimum Gasteiger partial charge on any atom is -0.452 e. The predicted molar refractivity (Wildman–Crippen MR) is 111 cm³/mol. The highest BCUT2D eigenvalue weighted by Crippen LogP contribution is 2.16. The first kappa shape index (κ1) is 21.9. The molecule has 2 rings (SSSR count). The molecular formula is C22H26N2O5. The third-order valence-corrected chi connectivity index (χ3v) is 3.75. The standard InChI is InChI=1S/C22H26N2O5/c1-5-15-9-6-7-12-18(15)24-19(25)14-28-20(26)16-10-8-11-17(13-16)23-21(27)29-22(2,3)4/h6-13H,5,14H2,1-4H3,(H,23,27)(H,24,25). The minimum absolute atomic E-state index is 0.209. The molecule has 0 bridgehead atoms. The number of anilines is 2. The zero-order valence-electron chi connectivity index (χ0n) is 17.1. The van der Waals surface area contributed by atoms with Crippen LogP contribution in [0.1, 0.15) is 43.6 Å². The normalized spacial score (nSPS) is 10.8. The molecule has 0 aliphatic rings. The molecule has 29 heavy (non-hydrogen) atoms. The number of amides is 2. The average molecular weight is 398 g/mol. The van der Waals surface area contributed by atoms with Crippen LogP contribution in [0.25, 0.3) is 0 Å². The number of hydrogen-bond donors (Lipinski definition) is 2. The third-order valence-electron chi connectivity index (χ3n) is 3.75. The van der Waals surface area contributed by atoms with Crippen molar-refractivity contribution in [3.63, 3.8) is 0 Å². The lowest BCUT2D eigenvalue weighted by molar-refractivity contribution is -0.119. The summed E-state index contributed by atoms with van der Waals surface area (Å²) in [6.07, 6.45) is 0.144. The number of benzene rings is 2. The maximum absolute atomic E-state index is 12.2. The van der Waals surface area contributed by atoms with Gasteiger partial charge in [0.2, 0.25) is 0 Å². The lowest BCUT2D eigenvalue weighted by Gasteiger charge is -2.19. The van der Waals surface area contributed by atoms with Gasteiger partial charge >= 0.3 is 12.1 Å². The Labute approximate surface area is 170 Å². The van der Waals surface area contributed by atoms with Crippen molar-refractivity contribution in [1.82, 2.24) is 0 Å². The van der Waals surface area contributed by atoms with E-state index in [2.05, 4.69) is 10.6 Å². The van der Waals surface area contributed by atoms with Crippen LogP contribution < -0.4 is 10.6 Å². The molecule has 0 aliphatic heterocycles. The maximum Gasteiger partial charge on any atom is 0.412 e. The van der Waals surface area contributed by atoms with Crippen molar-refractivity contribution in [3.05, 3.63) is 59.7 Å². The molecule has 0 atom stereocenters. The van der Waals surface area contributed by atoms with Crippen LogP contribution in [0.15, 0.2) is 48.5 Å². The van der Waals surface area contributed by atoms with Gasteiger partial charge in [-0.15, -0.1) is 0 Å². The van der Waals surface area contributed by atoms with Crippen LogP contribution in [-0.4, -0.2) is 30.2 Å². The van der Waals surface area contributed by atoms with Crippen LogP contribution in [0, 0.1) is 0 Å². The largest absolute Gasteiger partial charge is 0.452 e. The van der Waals surface area contributed by atoms with Crippen LogP contribution in [0.3, 0.4) is 0 Å². The Morgan fingerprint density at radius 1 is 0.966 bits per heavy atom. The maximum atomic E-state index is 12.2. The Balaban J connectivity index is 1.92. The van der Waals surface area contributed by atoms with E-state index in [1.165, 1.54) is 12.1 Å². The number of aryl methyl sites for hydroxylation is 1. The molecule has 0 aliphatic carbocycles. The number of rotatable bonds is 6. The van der Waals surface area contributed by atoms with Gasteiger partial charge in [0.25, 0.3) is 5.91 Å². The van der Waals surface area contributed by atoms with E-state index >= 15 is 0 Å². The summed E-state index contributed by atoms with van der Waals surface area (Å²) in [5, 5.41) is 5.29. The molecule has 0 fully saturated rings. The number of para-hydroxylation sites is 1. The summed E-state index contributed by atoms with van der Waals surface area (Å²) < 4.78 is 10.3. The summed E-state index contributed by atoms with van der Waals surface area (Å²) >= 11 is 0. The molecule has 154 valence electrons. The molecule has 0 radical (unpaired) electrons. The van der Waals surface area contributed by atoms with E-state index in [0.717, 1.165) is 12.0 Å². The Bertz CT molecular complexity index is 887. The van der Waals surface area contributed by atoms with E-state index in [1.54, 1.807) is 39.0 Å². The van der Waals surface area contributed by atoms with Gasteiger partial charge in [-0.05, 0) is 57.0 Å². The van der Waals surface area contributed by atoms with E-state index in [-0.39, 0.29) is 5.56 Å². The Morgan fingerprint density at radius 2 is 1.69 bits per heavy atom. The van der Waals surface area contributed by atoms with Gasteiger partial charge in [-0.25, -0.2) is 9.59 Å². The van der Waals surface area contributed by atoms with E-state index in [1.807, 2.05) is 25.1 Å². The summed E-state index contributed by atoms with van der Waals surface area (Å²) in [5.74, 6) is -1.10. The molecule has 0 saturated heterocycles. The Hall–Kier alpha value is -3.35. The van der Waals surface area contributed by atoms with Crippen molar-refractivity contribution in [2.75, 3.05) is 17.2 Å².